The molecule has 0 bridgehead atoms. The molecule has 2 aromatic carbocycles. The summed E-state index contributed by atoms with van der Waals surface area (Å²) in [6.45, 7) is 0. The number of amides is 1. The van der Waals surface area contributed by atoms with Crippen molar-refractivity contribution >= 4 is 38.4 Å². The first-order valence-corrected chi connectivity index (χ1v) is 6.77. The lowest BCUT2D eigenvalue weighted by atomic mass is 10.1. The molecule has 3 aromatic rings. The van der Waals surface area contributed by atoms with Gasteiger partial charge in [-0.1, -0.05) is 6.07 Å². The Kier molecular flexibility index (Phi) is 3.28. The highest BCUT2D eigenvalue weighted by molar-refractivity contribution is 9.10. The molecule has 0 spiro atoms. The fourth-order valence-electron chi connectivity index (χ4n) is 2.06. The van der Waals surface area contributed by atoms with Crippen LogP contribution in [0.1, 0.15) is 10.4 Å². The van der Waals surface area contributed by atoms with Crippen molar-refractivity contribution in [3.8, 4) is 0 Å². The Bertz CT molecular complexity index is 797. The van der Waals surface area contributed by atoms with Gasteiger partial charge in [-0.2, -0.15) is 0 Å². The highest BCUT2D eigenvalue weighted by atomic mass is 79.9. The van der Waals surface area contributed by atoms with Crippen LogP contribution in [0.25, 0.3) is 10.9 Å². The predicted molar refractivity (Wildman–Crippen MR) is 80.4 cm³/mol. The Hall–Kier alpha value is -2.14. The summed E-state index contributed by atoms with van der Waals surface area (Å²) in [7, 11) is 0. The minimum Gasteiger partial charge on any atom is -0.361 e. The number of hydrogen-bond acceptors (Lipinski definition) is 1. The number of carbonyl (C=O) groups excluding carboxylic acids is 1. The van der Waals surface area contributed by atoms with Crippen LogP contribution in [0.4, 0.5) is 10.1 Å². The average molecular weight is 333 g/mol. The molecule has 100 valence electrons. The third kappa shape index (κ3) is 2.32. The topological polar surface area (TPSA) is 44.9 Å². The second-order valence-electron chi connectivity index (χ2n) is 4.32. The molecule has 5 heteroatoms. The van der Waals surface area contributed by atoms with Crippen molar-refractivity contribution in [3.63, 3.8) is 0 Å². The molecule has 0 radical (unpaired) electrons. The van der Waals surface area contributed by atoms with Crippen LogP contribution in [0, 0.1) is 5.82 Å². The monoisotopic (exact) mass is 332 g/mol. The smallest absolute Gasteiger partial charge is 0.256 e. The van der Waals surface area contributed by atoms with Gasteiger partial charge in [-0.25, -0.2) is 4.39 Å². The van der Waals surface area contributed by atoms with E-state index in [9.17, 15) is 9.18 Å². The van der Waals surface area contributed by atoms with Crippen LogP contribution in [0.2, 0.25) is 0 Å². The number of aromatic amines is 1. The maximum absolute atomic E-state index is 13.0. The number of anilines is 1. The molecule has 0 saturated carbocycles. The summed E-state index contributed by atoms with van der Waals surface area (Å²) in [5.74, 6) is -0.592. The molecule has 0 aliphatic rings. The third-order valence-corrected chi connectivity index (χ3v) is 3.68. The molecule has 0 atom stereocenters. The number of carbonyl (C=O) groups is 1. The predicted octanol–water partition coefficient (Wildman–Crippen LogP) is 4.32. The summed E-state index contributed by atoms with van der Waals surface area (Å²) >= 11 is 3.23. The molecule has 1 aromatic heterocycles. The standard InChI is InChI=1S/C15H10BrFN2O/c16-12-8-9(17)4-5-14(12)19-15(20)11-2-1-3-13-10(11)6-7-18-13/h1-8,18H,(H,19,20). The number of hydrogen-bond donors (Lipinski definition) is 2. The highest BCUT2D eigenvalue weighted by Gasteiger charge is 2.12. The lowest BCUT2D eigenvalue weighted by Gasteiger charge is -2.08. The molecule has 1 amide bonds. The van der Waals surface area contributed by atoms with Crippen molar-refractivity contribution in [2.24, 2.45) is 0 Å². The molecule has 1 heterocycles. The Labute approximate surface area is 122 Å². The summed E-state index contributed by atoms with van der Waals surface area (Å²) < 4.78 is 13.5. The molecule has 0 saturated heterocycles. The summed E-state index contributed by atoms with van der Waals surface area (Å²) in [5, 5.41) is 3.62. The van der Waals surface area contributed by atoms with Crippen molar-refractivity contribution < 1.29 is 9.18 Å². The largest absolute Gasteiger partial charge is 0.361 e. The van der Waals surface area contributed by atoms with E-state index in [-0.39, 0.29) is 11.7 Å². The maximum Gasteiger partial charge on any atom is 0.256 e. The Morgan fingerprint density at radius 1 is 1.20 bits per heavy atom. The number of halogens is 2. The molecule has 0 aliphatic heterocycles. The Morgan fingerprint density at radius 3 is 2.85 bits per heavy atom. The first-order valence-electron chi connectivity index (χ1n) is 5.97. The van der Waals surface area contributed by atoms with E-state index < -0.39 is 0 Å². The summed E-state index contributed by atoms with van der Waals surface area (Å²) in [6.07, 6.45) is 1.79. The number of aromatic nitrogens is 1. The molecule has 20 heavy (non-hydrogen) atoms. The Balaban J connectivity index is 1.95. The second kappa shape index (κ2) is 5.09. The minimum atomic E-state index is -0.359. The normalized spacial score (nSPS) is 10.7. The maximum atomic E-state index is 13.0. The fraction of sp³-hybridized carbons (Fsp3) is 0. The van der Waals surface area contributed by atoms with Gasteiger partial charge in [0, 0.05) is 27.1 Å². The quantitative estimate of drug-likeness (QED) is 0.721. The van der Waals surface area contributed by atoms with Crippen LogP contribution in [0.5, 0.6) is 0 Å². The van der Waals surface area contributed by atoms with Crippen molar-refractivity contribution in [3.05, 3.63) is 64.5 Å². The summed E-state index contributed by atoms with van der Waals surface area (Å²) in [5.41, 5.74) is 2.00. The van der Waals surface area contributed by atoms with Crippen LogP contribution >= 0.6 is 15.9 Å². The highest BCUT2D eigenvalue weighted by Crippen LogP contribution is 2.25. The Morgan fingerprint density at radius 2 is 2.05 bits per heavy atom. The first kappa shape index (κ1) is 12.9. The number of fused-ring (bicyclic) bond motifs is 1. The summed E-state index contributed by atoms with van der Waals surface area (Å²) in [6, 6.07) is 11.5. The van der Waals surface area contributed by atoms with Gasteiger partial charge >= 0.3 is 0 Å². The second-order valence-corrected chi connectivity index (χ2v) is 5.18. The summed E-state index contributed by atoms with van der Waals surface area (Å²) in [4.78, 5) is 15.4. The van der Waals surface area contributed by atoms with Crippen molar-refractivity contribution in [1.29, 1.82) is 0 Å². The zero-order valence-electron chi connectivity index (χ0n) is 10.3. The van der Waals surface area contributed by atoms with Gasteiger partial charge in [-0.05, 0) is 52.3 Å². The zero-order valence-corrected chi connectivity index (χ0v) is 11.9. The first-order chi connectivity index (χ1) is 9.65. The van der Waals surface area contributed by atoms with Gasteiger partial charge in [0.2, 0.25) is 0 Å². The molecule has 2 N–H and O–H groups in total. The van der Waals surface area contributed by atoms with Gasteiger partial charge in [0.25, 0.3) is 5.91 Å². The molecular weight excluding hydrogens is 323 g/mol. The number of rotatable bonds is 2. The fourth-order valence-corrected chi connectivity index (χ4v) is 2.51. The van der Waals surface area contributed by atoms with Gasteiger partial charge in [-0.3, -0.25) is 4.79 Å². The van der Waals surface area contributed by atoms with E-state index in [1.54, 1.807) is 12.3 Å². The lowest BCUT2D eigenvalue weighted by molar-refractivity contribution is 0.102. The van der Waals surface area contributed by atoms with Gasteiger partial charge < -0.3 is 10.3 Å². The van der Waals surface area contributed by atoms with E-state index in [0.717, 1.165) is 10.9 Å². The van der Waals surface area contributed by atoms with Crippen molar-refractivity contribution in [2.75, 3.05) is 5.32 Å². The molecule has 0 unspecified atom stereocenters. The van der Waals surface area contributed by atoms with Crippen LogP contribution in [-0.4, -0.2) is 10.9 Å². The van der Waals surface area contributed by atoms with Gasteiger partial charge in [-0.15, -0.1) is 0 Å². The van der Waals surface area contributed by atoms with Gasteiger partial charge in [0.05, 0.1) is 5.69 Å². The number of nitrogens with one attached hydrogen (secondary N) is 2. The van der Waals surface area contributed by atoms with E-state index in [4.69, 9.17) is 0 Å². The lowest BCUT2D eigenvalue weighted by Crippen LogP contribution is -2.12. The molecule has 3 nitrogen and oxygen atoms in total. The van der Waals surface area contributed by atoms with Gasteiger partial charge in [0.15, 0.2) is 0 Å². The van der Waals surface area contributed by atoms with Crippen LogP contribution < -0.4 is 5.32 Å². The minimum absolute atomic E-state index is 0.234. The number of benzene rings is 2. The SMILES string of the molecule is O=C(Nc1ccc(F)cc1Br)c1cccc2[nH]ccc12. The van der Waals surface area contributed by atoms with E-state index >= 15 is 0 Å². The average Bonchev–Trinajstić information content (AvgIpc) is 2.90. The third-order valence-electron chi connectivity index (χ3n) is 3.02. The van der Waals surface area contributed by atoms with E-state index in [1.165, 1.54) is 18.2 Å². The molecule has 0 fully saturated rings. The van der Waals surface area contributed by atoms with Gasteiger partial charge in [0.1, 0.15) is 5.82 Å². The molecule has 3 rings (SSSR count). The van der Waals surface area contributed by atoms with E-state index in [2.05, 4.69) is 26.2 Å². The molecule has 0 aliphatic carbocycles. The van der Waals surface area contributed by atoms with E-state index in [0.29, 0.717) is 15.7 Å². The zero-order chi connectivity index (χ0) is 14.1. The van der Waals surface area contributed by atoms with Crippen molar-refractivity contribution in [1.82, 2.24) is 4.98 Å². The van der Waals surface area contributed by atoms with Crippen LogP contribution in [0.3, 0.4) is 0 Å². The van der Waals surface area contributed by atoms with Crippen LogP contribution in [0.15, 0.2) is 53.1 Å². The molecular formula is C15H10BrFN2O. The van der Waals surface area contributed by atoms with Crippen LogP contribution in [-0.2, 0) is 0 Å². The van der Waals surface area contributed by atoms with E-state index in [1.807, 2.05) is 18.2 Å². The van der Waals surface area contributed by atoms with Crippen molar-refractivity contribution in [2.45, 2.75) is 0 Å². The number of H-pyrrole nitrogens is 1.